The highest BCUT2D eigenvalue weighted by Crippen LogP contribution is 2.44. The Morgan fingerprint density at radius 2 is 1.67 bits per heavy atom. The van der Waals surface area contributed by atoms with Crippen LogP contribution in [0.5, 0.6) is 0 Å². The number of nitrogens with one attached hydrogen (secondary N) is 1. The minimum Gasteiger partial charge on any atom is -0.480 e. The first kappa shape index (κ1) is 22.8. The number of carbonyl (C=O) groups is 3. The van der Waals surface area contributed by atoms with E-state index in [1.165, 1.54) is 0 Å². The zero-order valence-corrected chi connectivity index (χ0v) is 17.9. The molecule has 9 nitrogen and oxygen atoms in total. The highest BCUT2D eigenvalue weighted by Gasteiger charge is 2.39. The van der Waals surface area contributed by atoms with Crippen LogP contribution in [0.15, 0.2) is 48.5 Å². The van der Waals surface area contributed by atoms with Crippen LogP contribution in [-0.4, -0.2) is 76.1 Å². The number of ether oxygens (including phenoxy) is 1. The lowest BCUT2D eigenvalue weighted by Crippen LogP contribution is -2.43. The number of β-amino-alcohol motifs (C(OH)–C–C–N with tert-alkyl or cyclic N) is 1. The first-order chi connectivity index (χ1) is 15.8. The van der Waals surface area contributed by atoms with Crippen molar-refractivity contribution in [2.45, 2.75) is 37.0 Å². The van der Waals surface area contributed by atoms with E-state index in [0.717, 1.165) is 27.2 Å². The number of carboxylic acids is 1. The van der Waals surface area contributed by atoms with Crippen LogP contribution in [-0.2, 0) is 14.3 Å². The lowest BCUT2D eigenvalue weighted by atomic mass is 9.98. The lowest BCUT2D eigenvalue weighted by Gasteiger charge is -2.22. The van der Waals surface area contributed by atoms with Crippen LogP contribution in [0.1, 0.15) is 29.9 Å². The second-order valence-electron chi connectivity index (χ2n) is 8.35. The number of likely N-dealkylation sites (tertiary alicyclic amines) is 1. The lowest BCUT2D eigenvalue weighted by molar-refractivity contribution is -0.149. The average molecular weight is 454 g/mol. The van der Waals surface area contributed by atoms with Crippen molar-refractivity contribution in [2.24, 2.45) is 0 Å². The largest absolute Gasteiger partial charge is 0.480 e. The Labute approximate surface area is 190 Å². The summed E-state index contributed by atoms with van der Waals surface area (Å²) in [7, 11) is 0. The number of alkyl carbamates (subject to hydrolysis) is 1. The van der Waals surface area contributed by atoms with Gasteiger partial charge in [0.05, 0.1) is 18.6 Å². The number of hydrogen-bond acceptors (Lipinski definition) is 6. The zero-order valence-electron chi connectivity index (χ0n) is 17.9. The van der Waals surface area contributed by atoms with Gasteiger partial charge in [0.1, 0.15) is 12.6 Å². The van der Waals surface area contributed by atoms with Crippen molar-refractivity contribution in [2.75, 3.05) is 19.7 Å². The summed E-state index contributed by atoms with van der Waals surface area (Å²) in [5.74, 6) is -1.89. The Bertz CT molecular complexity index is 1010. The molecule has 2 aliphatic rings. The summed E-state index contributed by atoms with van der Waals surface area (Å²) in [6.45, 7) is -0.195. The fourth-order valence-corrected chi connectivity index (χ4v) is 4.57. The molecule has 2 aromatic rings. The highest BCUT2D eigenvalue weighted by molar-refractivity contribution is 5.85. The third-order valence-corrected chi connectivity index (χ3v) is 6.12. The van der Waals surface area contributed by atoms with Crippen LogP contribution in [0.2, 0.25) is 0 Å². The normalized spacial score (nSPS) is 20.1. The van der Waals surface area contributed by atoms with E-state index in [1.54, 1.807) is 0 Å². The molecule has 1 aliphatic heterocycles. The van der Waals surface area contributed by atoms with Gasteiger partial charge in [-0.05, 0) is 22.3 Å². The summed E-state index contributed by atoms with van der Waals surface area (Å²) < 4.78 is 5.39. The van der Waals surface area contributed by atoms with Crippen molar-refractivity contribution < 1.29 is 34.4 Å². The second kappa shape index (κ2) is 9.60. The SMILES string of the molecule is O=C(NCC(O)CC(=O)N1C[C@H](O)C[C@@H]1C(=O)O)OCC1c2ccccc2-c2ccccc21. The van der Waals surface area contributed by atoms with E-state index in [9.17, 15) is 29.7 Å². The number of carboxylic acid groups (broad SMARTS) is 1. The summed E-state index contributed by atoms with van der Waals surface area (Å²) in [5, 5.41) is 31.4. The van der Waals surface area contributed by atoms with Crippen LogP contribution in [0.25, 0.3) is 11.1 Å². The van der Waals surface area contributed by atoms with Gasteiger partial charge in [-0.1, -0.05) is 48.5 Å². The van der Waals surface area contributed by atoms with Gasteiger partial charge in [-0.2, -0.15) is 0 Å². The van der Waals surface area contributed by atoms with Gasteiger partial charge >= 0.3 is 12.1 Å². The topological polar surface area (TPSA) is 136 Å². The van der Waals surface area contributed by atoms with Gasteiger partial charge in [-0.15, -0.1) is 0 Å². The van der Waals surface area contributed by atoms with Crippen molar-refractivity contribution in [3.63, 3.8) is 0 Å². The number of fused-ring (bicyclic) bond motifs is 3. The third kappa shape index (κ3) is 4.84. The molecule has 174 valence electrons. The third-order valence-electron chi connectivity index (χ3n) is 6.12. The molecule has 3 atom stereocenters. The number of amides is 2. The van der Waals surface area contributed by atoms with E-state index >= 15 is 0 Å². The molecule has 0 aromatic heterocycles. The van der Waals surface area contributed by atoms with Crippen molar-refractivity contribution >= 4 is 18.0 Å². The molecular weight excluding hydrogens is 428 g/mol. The Morgan fingerprint density at radius 3 is 2.27 bits per heavy atom. The maximum Gasteiger partial charge on any atom is 0.407 e. The van der Waals surface area contributed by atoms with Crippen molar-refractivity contribution in [3.05, 3.63) is 59.7 Å². The van der Waals surface area contributed by atoms with Gasteiger partial charge in [-0.3, -0.25) is 4.79 Å². The zero-order chi connectivity index (χ0) is 23.5. The predicted octanol–water partition coefficient (Wildman–Crippen LogP) is 1.32. The van der Waals surface area contributed by atoms with Gasteiger partial charge in [0.2, 0.25) is 5.91 Å². The molecule has 4 N–H and O–H groups in total. The van der Waals surface area contributed by atoms with Crippen molar-refractivity contribution in [1.82, 2.24) is 10.2 Å². The molecule has 4 rings (SSSR count). The fourth-order valence-electron chi connectivity index (χ4n) is 4.57. The van der Waals surface area contributed by atoms with E-state index in [1.807, 2.05) is 48.5 Å². The number of carbonyl (C=O) groups excluding carboxylic acids is 2. The van der Waals surface area contributed by atoms with Gasteiger partial charge in [-0.25, -0.2) is 9.59 Å². The molecule has 33 heavy (non-hydrogen) atoms. The summed E-state index contributed by atoms with van der Waals surface area (Å²) >= 11 is 0. The summed E-state index contributed by atoms with van der Waals surface area (Å²) in [4.78, 5) is 36.8. The van der Waals surface area contributed by atoms with E-state index in [-0.39, 0.29) is 38.5 Å². The van der Waals surface area contributed by atoms with Crippen LogP contribution in [0.3, 0.4) is 0 Å². The minimum absolute atomic E-state index is 0.0465. The summed E-state index contributed by atoms with van der Waals surface area (Å²) in [6, 6.07) is 14.8. The number of aliphatic carboxylic acids is 1. The first-order valence-electron chi connectivity index (χ1n) is 10.8. The van der Waals surface area contributed by atoms with Gasteiger partial charge < -0.3 is 30.3 Å². The van der Waals surface area contributed by atoms with Gasteiger partial charge in [0.15, 0.2) is 0 Å². The monoisotopic (exact) mass is 454 g/mol. The molecule has 0 bridgehead atoms. The van der Waals surface area contributed by atoms with Crippen LogP contribution < -0.4 is 5.32 Å². The molecule has 1 unspecified atom stereocenters. The number of aliphatic hydroxyl groups excluding tert-OH is 2. The van der Waals surface area contributed by atoms with Crippen LogP contribution >= 0.6 is 0 Å². The van der Waals surface area contributed by atoms with Crippen LogP contribution in [0.4, 0.5) is 4.79 Å². The van der Waals surface area contributed by atoms with Crippen molar-refractivity contribution in [3.8, 4) is 11.1 Å². The number of nitrogens with zero attached hydrogens (tertiary/aromatic N) is 1. The molecule has 1 heterocycles. The number of hydrogen-bond donors (Lipinski definition) is 4. The summed E-state index contributed by atoms with van der Waals surface area (Å²) in [6.07, 6.45) is -3.27. The molecule has 0 saturated carbocycles. The van der Waals surface area contributed by atoms with Gasteiger partial charge in [0.25, 0.3) is 0 Å². The van der Waals surface area contributed by atoms with E-state index in [0.29, 0.717) is 0 Å². The van der Waals surface area contributed by atoms with E-state index < -0.39 is 36.2 Å². The Balaban J connectivity index is 1.27. The Morgan fingerprint density at radius 1 is 1.06 bits per heavy atom. The molecule has 2 aromatic carbocycles. The minimum atomic E-state index is -1.22. The number of aliphatic hydroxyl groups is 2. The fraction of sp³-hybridized carbons (Fsp3) is 0.375. The predicted molar refractivity (Wildman–Crippen MR) is 117 cm³/mol. The molecule has 9 heteroatoms. The Kier molecular flexibility index (Phi) is 6.62. The molecule has 2 amide bonds. The number of benzene rings is 2. The maximum absolute atomic E-state index is 12.3. The molecular formula is C24H26N2O7. The second-order valence-corrected chi connectivity index (χ2v) is 8.35. The maximum atomic E-state index is 12.3. The molecule has 0 spiro atoms. The van der Waals surface area contributed by atoms with Crippen LogP contribution in [0, 0.1) is 0 Å². The average Bonchev–Trinajstić information content (AvgIpc) is 3.35. The Hall–Kier alpha value is -3.43. The summed E-state index contributed by atoms with van der Waals surface area (Å²) in [5.41, 5.74) is 4.39. The quantitative estimate of drug-likeness (QED) is 0.495. The molecule has 1 fully saturated rings. The number of rotatable bonds is 7. The van der Waals surface area contributed by atoms with E-state index in [4.69, 9.17) is 4.74 Å². The molecule has 0 radical (unpaired) electrons. The van der Waals surface area contributed by atoms with Gasteiger partial charge in [0, 0.05) is 25.4 Å². The molecule has 1 saturated heterocycles. The smallest absolute Gasteiger partial charge is 0.407 e. The standard InChI is InChI=1S/C24H26N2O7/c27-14(10-22(29)26-12-15(28)9-21(26)23(30)31)11-25-24(32)33-13-20-18-7-3-1-5-16(18)17-6-2-4-8-19(17)20/h1-8,14-15,20-21,27-28H,9-13H2,(H,25,32)(H,30,31)/t14?,15-,21-/m1/s1. The van der Waals surface area contributed by atoms with Crippen molar-refractivity contribution in [1.29, 1.82) is 0 Å². The first-order valence-corrected chi connectivity index (χ1v) is 10.8. The van der Waals surface area contributed by atoms with E-state index in [2.05, 4.69) is 5.32 Å². The highest BCUT2D eigenvalue weighted by atomic mass is 16.5. The molecule has 1 aliphatic carbocycles.